The lowest BCUT2D eigenvalue weighted by molar-refractivity contribution is -0.144. The highest BCUT2D eigenvalue weighted by Gasteiger charge is 2.13. The van der Waals surface area contributed by atoms with Crippen molar-refractivity contribution in [1.82, 2.24) is 4.90 Å². The molecule has 0 spiro atoms. The van der Waals surface area contributed by atoms with E-state index in [1.54, 1.807) is 23.5 Å². The molecular formula is C24H49NO3S3. The van der Waals surface area contributed by atoms with Crippen LogP contribution in [0.25, 0.3) is 0 Å². The molecule has 7 heteroatoms. The second kappa shape index (κ2) is 23.2. The van der Waals surface area contributed by atoms with Crippen LogP contribution in [0, 0.1) is 5.92 Å². The van der Waals surface area contributed by atoms with Gasteiger partial charge in [0.1, 0.15) is 4.32 Å². The minimum Gasteiger partial charge on any atom is -0.465 e. The number of carbonyl (C=O) groups is 1. The van der Waals surface area contributed by atoms with E-state index in [0.29, 0.717) is 36.2 Å². The highest BCUT2D eigenvalue weighted by Crippen LogP contribution is 2.16. The van der Waals surface area contributed by atoms with Gasteiger partial charge in [-0.25, -0.2) is 0 Å². The summed E-state index contributed by atoms with van der Waals surface area (Å²) >= 11 is 8.78. The number of thioether (sulfide) groups is 2. The molecule has 0 aromatic carbocycles. The number of hydrogen-bond donors (Lipinski definition) is 1. The Morgan fingerprint density at radius 1 is 1.03 bits per heavy atom. The highest BCUT2D eigenvalue weighted by atomic mass is 32.2. The Bertz CT molecular complexity index is 430. The minimum atomic E-state index is -0.410. The Labute approximate surface area is 207 Å². The van der Waals surface area contributed by atoms with Crippen LogP contribution >= 0.6 is 35.7 Å². The second-order valence-corrected chi connectivity index (χ2v) is 10.7. The van der Waals surface area contributed by atoms with E-state index in [9.17, 15) is 9.90 Å². The van der Waals surface area contributed by atoms with Crippen LogP contribution in [0.5, 0.6) is 0 Å². The molecule has 0 aromatic rings. The van der Waals surface area contributed by atoms with Crippen molar-refractivity contribution in [2.45, 2.75) is 99.0 Å². The van der Waals surface area contributed by atoms with Crippen LogP contribution in [-0.4, -0.2) is 63.4 Å². The number of rotatable bonds is 19. The molecule has 2 unspecified atom stereocenters. The zero-order valence-corrected chi connectivity index (χ0v) is 22.1. The molecule has 0 aliphatic heterocycles. The third-order valence-corrected chi connectivity index (χ3v) is 7.79. The van der Waals surface area contributed by atoms with E-state index < -0.39 is 6.10 Å². The van der Waals surface area contributed by atoms with Gasteiger partial charge in [0.25, 0.3) is 0 Å². The predicted molar refractivity (Wildman–Crippen MR) is 145 cm³/mol. The maximum atomic E-state index is 11.9. The summed E-state index contributed by atoms with van der Waals surface area (Å²) in [5, 5.41) is 10.3. The van der Waals surface area contributed by atoms with Gasteiger partial charge in [0.05, 0.1) is 19.1 Å². The Hall–Kier alpha value is 0.0200. The van der Waals surface area contributed by atoms with Crippen molar-refractivity contribution in [2.24, 2.45) is 5.92 Å². The zero-order chi connectivity index (χ0) is 22.6. The van der Waals surface area contributed by atoms with Gasteiger partial charge >= 0.3 is 5.97 Å². The molecule has 0 bridgehead atoms. The molecule has 0 aromatic heterocycles. The topological polar surface area (TPSA) is 49.8 Å². The van der Waals surface area contributed by atoms with Crippen LogP contribution < -0.4 is 0 Å². The van der Waals surface area contributed by atoms with Gasteiger partial charge in [0.2, 0.25) is 0 Å². The van der Waals surface area contributed by atoms with E-state index in [-0.39, 0.29) is 13.4 Å². The van der Waals surface area contributed by atoms with Crippen molar-refractivity contribution < 1.29 is 14.6 Å². The standard InChI is InChI=1S/C23H45NO3S3.CH4/c1-5-9-12-20(8-4)17-27-22(26)13-16-29-18-21(25)19-30-23(28)24(14-10-6-2)15-11-7-3;/h20-21,25H,5-19H2,1-4H3;1H4. The smallest absolute Gasteiger partial charge is 0.306 e. The molecule has 0 radical (unpaired) electrons. The Kier molecular flexibility index (Phi) is 24.8. The fourth-order valence-corrected chi connectivity index (χ4v) is 5.08. The number of ether oxygens (including phenoxy) is 1. The minimum absolute atomic E-state index is 0. The number of aliphatic hydroxyl groups is 1. The number of carbonyl (C=O) groups excluding carboxylic acids is 1. The molecule has 31 heavy (non-hydrogen) atoms. The van der Waals surface area contributed by atoms with E-state index in [1.807, 2.05) is 0 Å². The van der Waals surface area contributed by atoms with Crippen molar-refractivity contribution >= 4 is 46.0 Å². The average Bonchev–Trinajstić information content (AvgIpc) is 2.75. The van der Waals surface area contributed by atoms with Gasteiger partial charge in [0.15, 0.2) is 0 Å². The Morgan fingerprint density at radius 2 is 1.65 bits per heavy atom. The van der Waals surface area contributed by atoms with E-state index in [2.05, 4.69) is 32.6 Å². The van der Waals surface area contributed by atoms with Gasteiger partial charge in [-0.2, -0.15) is 11.8 Å². The molecule has 4 nitrogen and oxygen atoms in total. The average molecular weight is 496 g/mol. The van der Waals surface area contributed by atoms with Gasteiger partial charge < -0.3 is 14.7 Å². The van der Waals surface area contributed by atoms with Crippen LogP contribution in [0.1, 0.15) is 92.9 Å². The lowest BCUT2D eigenvalue weighted by atomic mass is 10.0. The van der Waals surface area contributed by atoms with Gasteiger partial charge in [-0.05, 0) is 25.2 Å². The Morgan fingerprint density at radius 3 is 2.19 bits per heavy atom. The summed E-state index contributed by atoms with van der Waals surface area (Å²) in [5.41, 5.74) is 0. The third kappa shape index (κ3) is 19.2. The first kappa shape index (κ1) is 33.2. The lowest BCUT2D eigenvalue weighted by Gasteiger charge is -2.25. The number of thiocarbonyl (C=S) groups is 1. The first-order valence-corrected chi connectivity index (χ1v) is 14.4. The first-order valence-electron chi connectivity index (χ1n) is 11.8. The van der Waals surface area contributed by atoms with Gasteiger partial charge in [-0.15, -0.1) is 0 Å². The fourth-order valence-electron chi connectivity index (χ4n) is 2.86. The van der Waals surface area contributed by atoms with Gasteiger partial charge in [-0.3, -0.25) is 4.79 Å². The quantitative estimate of drug-likeness (QED) is 0.120. The van der Waals surface area contributed by atoms with E-state index >= 15 is 0 Å². The van der Waals surface area contributed by atoms with Crippen molar-refractivity contribution in [1.29, 1.82) is 0 Å². The van der Waals surface area contributed by atoms with Crippen LogP contribution in [-0.2, 0) is 9.53 Å². The summed E-state index contributed by atoms with van der Waals surface area (Å²) in [7, 11) is 0. The predicted octanol–water partition coefficient (Wildman–Crippen LogP) is 6.79. The molecule has 2 atom stereocenters. The van der Waals surface area contributed by atoms with Gasteiger partial charge in [0, 0.05) is 30.3 Å². The molecule has 0 heterocycles. The van der Waals surface area contributed by atoms with Crippen molar-refractivity contribution in [2.75, 3.05) is 37.0 Å². The van der Waals surface area contributed by atoms with Crippen molar-refractivity contribution in [3.05, 3.63) is 0 Å². The molecule has 0 saturated heterocycles. The maximum absolute atomic E-state index is 11.9. The molecule has 1 N–H and O–H groups in total. The normalized spacial score (nSPS) is 12.7. The summed E-state index contributed by atoms with van der Waals surface area (Å²) in [6, 6.07) is 0. The SMILES string of the molecule is C.CCCCC(CC)COC(=O)CCSCC(O)CSC(=S)N(CCCC)CCCC. The highest BCUT2D eigenvalue weighted by molar-refractivity contribution is 8.22. The lowest BCUT2D eigenvalue weighted by Crippen LogP contribution is -2.30. The maximum Gasteiger partial charge on any atom is 0.306 e. The molecule has 0 aliphatic carbocycles. The molecule has 0 rings (SSSR count). The molecular weight excluding hydrogens is 446 g/mol. The molecule has 0 saturated carbocycles. The summed E-state index contributed by atoms with van der Waals surface area (Å²) in [4.78, 5) is 14.2. The molecule has 186 valence electrons. The fraction of sp³-hybridized carbons (Fsp3) is 0.917. The first-order chi connectivity index (χ1) is 14.5. The van der Waals surface area contributed by atoms with E-state index in [4.69, 9.17) is 17.0 Å². The summed E-state index contributed by atoms with van der Waals surface area (Å²) in [5.74, 6) is 2.29. The molecule has 0 aliphatic rings. The largest absolute Gasteiger partial charge is 0.465 e. The second-order valence-electron chi connectivity index (χ2n) is 7.85. The monoisotopic (exact) mass is 495 g/mol. The number of hydrogen-bond acceptors (Lipinski definition) is 6. The summed E-state index contributed by atoms with van der Waals surface area (Å²) in [6.45, 7) is 11.3. The number of aliphatic hydroxyl groups excluding tert-OH is 1. The molecule has 0 fully saturated rings. The zero-order valence-electron chi connectivity index (χ0n) is 19.7. The number of nitrogens with zero attached hydrogens (tertiary/aromatic N) is 1. The van der Waals surface area contributed by atoms with Crippen LogP contribution in [0.15, 0.2) is 0 Å². The summed E-state index contributed by atoms with van der Waals surface area (Å²) in [6.07, 6.45) is 9.19. The van der Waals surface area contributed by atoms with Crippen LogP contribution in [0.3, 0.4) is 0 Å². The van der Waals surface area contributed by atoms with Crippen LogP contribution in [0.4, 0.5) is 0 Å². The van der Waals surface area contributed by atoms with Crippen LogP contribution in [0.2, 0.25) is 0 Å². The van der Waals surface area contributed by atoms with Gasteiger partial charge in [-0.1, -0.05) is 91.2 Å². The molecule has 0 amide bonds. The Balaban J connectivity index is 0. The third-order valence-electron chi connectivity index (χ3n) is 5.00. The van der Waals surface area contributed by atoms with E-state index in [1.165, 1.54) is 12.8 Å². The van der Waals surface area contributed by atoms with Crippen molar-refractivity contribution in [3.63, 3.8) is 0 Å². The summed E-state index contributed by atoms with van der Waals surface area (Å²) < 4.78 is 6.33. The van der Waals surface area contributed by atoms with Crippen molar-refractivity contribution in [3.8, 4) is 0 Å². The number of esters is 1. The van der Waals surface area contributed by atoms with E-state index in [0.717, 1.165) is 55.9 Å². The number of unbranched alkanes of at least 4 members (excludes halogenated alkanes) is 3.